The molecule has 4 fully saturated rings. The number of aromatic nitrogens is 2. The minimum Gasteiger partial charge on any atom is -0.508 e. The molecule has 0 aliphatic carbocycles. The number of aliphatic hydroxyl groups excluding tert-OH is 2. The summed E-state index contributed by atoms with van der Waals surface area (Å²) in [6, 6.07) is 11.3. The van der Waals surface area contributed by atoms with Gasteiger partial charge in [-0.2, -0.15) is 9.97 Å². The number of hydrogen-bond acceptors (Lipinski definition) is 9. The number of piperazine rings is 1. The van der Waals surface area contributed by atoms with Crippen molar-refractivity contribution in [3.8, 4) is 22.9 Å². The Morgan fingerprint density at radius 2 is 1.74 bits per heavy atom. The first-order valence-corrected chi connectivity index (χ1v) is 16.4. The minimum absolute atomic E-state index is 0.0465. The molecule has 1 aromatic heterocycles. The molecule has 3 aromatic carbocycles. The number of halogens is 2. The minimum atomic E-state index is -0.800. The van der Waals surface area contributed by atoms with E-state index >= 15 is 8.78 Å². The van der Waals surface area contributed by atoms with E-state index in [1.807, 2.05) is 0 Å². The van der Waals surface area contributed by atoms with Crippen LogP contribution in [0.15, 0.2) is 42.5 Å². The van der Waals surface area contributed by atoms with Gasteiger partial charge in [0.2, 0.25) is 0 Å². The van der Waals surface area contributed by atoms with Crippen LogP contribution in [0.25, 0.3) is 32.8 Å². The Bertz CT molecular complexity index is 1780. The molecule has 9 nitrogen and oxygen atoms in total. The number of phenolic OH excluding ortho intramolecular Hbond substituents is 1. The molecule has 0 amide bonds. The van der Waals surface area contributed by atoms with Crippen LogP contribution in [0.4, 0.5) is 14.6 Å². The van der Waals surface area contributed by atoms with Crippen molar-refractivity contribution in [3.05, 3.63) is 54.1 Å². The molecule has 4 aliphatic rings. The summed E-state index contributed by atoms with van der Waals surface area (Å²) < 4.78 is 38.3. The lowest BCUT2D eigenvalue weighted by Crippen LogP contribution is -2.56. The zero-order valence-electron chi connectivity index (χ0n) is 25.7. The molecule has 0 unspecified atom stereocenters. The summed E-state index contributed by atoms with van der Waals surface area (Å²) in [6.45, 7) is 3.92. The molecule has 4 saturated heterocycles. The Morgan fingerprint density at radius 1 is 0.978 bits per heavy atom. The Kier molecular flexibility index (Phi) is 7.47. The monoisotopic (exact) mass is 631 g/mol. The van der Waals surface area contributed by atoms with Crippen LogP contribution in [0.2, 0.25) is 0 Å². The number of aliphatic hydroxyl groups is 2. The number of rotatable bonds is 8. The largest absolute Gasteiger partial charge is 0.508 e. The van der Waals surface area contributed by atoms with Crippen LogP contribution in [0.3, 0.4) is 0 Å². The van der Waals surface area contributed by atoms with Gasteiger partial charge in [-0.25, -0.2) is 8.78 Å². The van der Waals surface area contributed by atoms with E-state index in [1.165, 1.54) is 18.2 Å². The summed E-state index contributed by atoms with van der Waals surface area (Å²) in [6.07, 6.45) is 5.46. The second kappa shape index (κ2) is 11.6. The van der Waals surface area contributed by atoms with Crippen LogP contribution in [0.5, 0.6) is 11.8 Å². The van der Waals surface area contributed by atoms with E-state index in [-0.39, 0.29) is 58.0 Å². The molecule has 4 aliphatic heterocycles. The maximum absolute atomic E-state index is 16.8. The Hall–Kier alpha value is -3.64. The first-order chi connectivity index (χ1) is 22.3. The number of ether oxygens (including phenoxy) is 1. The van der Waals surface area contributed by atoms with Crippen LogP contribution in [-0.2, 0) is 0 Å². The van der Waals surface area contributed by atoms with E-state index in [2.05, 4.69) is 19.7 Å². The second-order valence-corrected chi connectivity index (χ2v) is 13.5. The molecule has 0 saturated carbocycles. The van der Waals surface area contributed by atoms with Gasteiger partial charge < -0.3 is 25.0 Å². The number of fused-ring (bicyclic) bond motifs is 5. The first-order valence-electron chi connectivity index (χ1n) is 16.4. The third kappa shape index (κ3) is 4.95. The molecule has 8 rings (SSSR count). The lowest BCUT2D eigenvalue weighted by molar-refractivity contribution is 0.0375. The molecule has 46 heavy (non-hydrogen) atoms. The second-order valence-electron chi connectivity index (χ2n) is 13.5. The molecule has 5 heterocycles. The summed E-state index contributed by atoms with van der Waals surface area (Å²) in [5.74, 6) is -0.633. The molecule has 2 bridgehead atoms. The van der Waals surface area contributed by atoms with Gasteiger partial charge in [-0.15, -0.1) is 0 Å². The number of anilines is 1. The van der Waals surface area contributed by atoms with Crippen molar-refractivity contribution in [1.82, 2.24) is 19.8 Å². The van der Waals surface area contributed by atoms with Gasteiger partial charge in [-0.3, -0.25) is 9.80 Å². The lowest BCUT2D eigenvalue weighted by Gasteiger charge is -2.42. The van der Waals surface area contributed by atoms with E-state index in [0.29, 0.717) is 42.8 Å². The summed E-state index contributed by atoms with van der Waals surface area (Å²) in [7, 11) is 0. The Labute approximate surface area is 266 Å². The summed E-state index contributed by atoms with van der Waals surface area (Å²) in [5, 5.41) is 31.3. The fraction of sp³-hybridized carbons (Fsp3) is 0.486. The van der Waals surface area contributed by atoms with Crippen LogP contribution in [0, 0.1) is 11.6 Å². The SMILES string of the molecule is OC[C@@H](O)CN1[C@@H]2CC[C@H]1CN(c1nc(OCC34CCCN3CCC4)nc3c(F)c(-c4cc(O)cc5cccc(F)c45)ccc13)C2. The number of aromatic hydroxyl groups is 1. The maximum atomic E-state index is 16.8. The quantitative estimate of drug-likeness (QED) is 0.260. The summed E-state index contributed by atoms with van der Waals surface area (Å²) >= 11 is 0. The van der Waals surface area contributed by atoms with Crippen LogP contribution >= 0.6 is 0 Å². The van der Waals surface area contributed by atoms with E-state index in [0.717, 1.165) is 51.6 Å². The topological polar surface area (TPSA) is 105 Å². The molecule has 0 radical (unpaired) electrons. The van der Waals surface area contributed by atoms with Crippen LogP contribution < -0.4 is 9.64 Å². The van der Waals surface area contributed by atoms with Gasteiger partial charge in [0.1, 0.15) is 29.5 Å². The molecular weight excluding hydrogens is 592 g/mol. The van der Waals surface area contributed by atoms with Gasteiger partial charge in [0.15, 0.2) is 5.82 Å². The Balaban J connectivity index is 1.22. The fourth-order valence-electron chi connectivity index (χ4n) is 8.64. The predicted molar refractivity (Wildman–Crippen MR) is 171 cm³/mol. The van der Waals surface area contributed by atoms with Gasteiger partial charge in [-0.05, 0) is 86.8 Å². The van der Waals surface area contributed by atoms with E-state index in [1.54, 1.807) is 24.3 Å². The van der Waals surface area contributed by atoms with Gasteiger partial charge in [0.25, 0.3) is 0 Å². The highest BCUT2D eigenvalue weighted by Crippen LogP contribution is 2.42. The van der Waals surface area contributed by atoms with Gasteiger partial charge in [0, 0.05) is 48.1 Å². The van der Waals surface area contributed by atoms with Gasteiger partial charge in [0.05, 0.1) is 18.2 Å². The van der Waals surface area contributed by atoms with E-state index in [4.69, 9.17) is 9.72 Å². The van der Waals surface area contributed by atoms with Crippen molar-refractivity contribution in [2.45, 2.75) is 62.3 Å². The molecular formula is C35H39F2N5O4. The highest BCUT2D eigenvalue weighted by molar-refractivity contribution is 6.01. The van der Waals surface area contributed by atoms with Crippen molar-refractivity contribution in [3.63, 3.8) is 0 Å². The average molecular weight is 632 g/mol. The third-order valence-electron chi connectivity index (χ3n) is 10.8. The van der Waals surface area contributed by atoms with Gasteiger partial charge >= 0.3 is 6.01 Å². The fourth-order valence-corrected chi connectivity index (χ4v) is 8.64. The number of benzene rings is 3. The maximum Gasteiger partial charge on any atom is 0.319 e. The van der Waals surface area contributed by atoms with Crippen molar-refractivity contribution in [2.75, 3.05) is 50.8 Å². The predicted octanol–water partition coefficient (Wildman–Crippen LogP) is 4.45. The summed E-state index contributed by atoms with van der Waals surface area (Å²) in [5.41, 5.74) is 0.418. The zero-order chi connectivity index (χ0) is 31.6. The highest BCUT2D eigenvalue weighted by atomic mass is 19.1. The average Bonchev–Trinajstić information content (AvgIpc) is 3.69. The standard InChI is InChI=1S/C35H39F2N5O4/c36-29-5-1-4-21-14-24(44)15-28(30(21)29)26-8-9-27-32(31(26)37)38-34(46-20-35-10-2-12-41(35)13-3-11-35)39-33(27)40-16-22-6-7-23(17-40)42(22)18-25(45)19-43/h1,4-5,8-9,14-15,22-23,25,43-45H,2-3,6-7,10-13,16-20H2/t22-,23+,25-/m0/s1. The number of phenols is 1. The normalized spacial score (nSPS) is 23.4. The lowest BCUT2D eigenvalue weighted by atomic mass is 9.95. The molecule has 11 heteroatoms. The van der Waals surface area contributed by atoms with Crippen molar-refractivity contribution < 1.29 is 28.8 Å². The van der Waals surface area contributed by atoms with E-state index < -0.39 is 17.7 Å². The van der Waals surface area contributed by atoms with Crippen molar-refractivity contribution in [1.29, 1.82) is 0 Å². The van der Waals surface area contributed by atoms with Crippen molar-refractivity contribution in [2.24, 2.45) is 0 Å². The molecule has 0 spiro atoms. The Morgan fingerprint density at radius 3 is 2.48 bits per heavy atom. The smallest absolute Gasteiger partial charge is 0.319 e. The van der Waals surface area contributed by atoms with Gasteiger partial charge in [-0.1, -0.05) is 18.2 Å². The van der Waals surface area contributed by atoms with Crippen LogP contribution in [-0.4, -0.2) is 105 Å². The molecule has 242 valence electrons. The number of nitrogens with zero attached hydrogens (tertiary/aromatic N) is 5. The number of hydrogen-bond donors (Lipinski definition) is 3. The molecule has 3 atom stereocenters. The van der Waals surface area contributed by atoms with E-state index in [9.17, 15) is 15.3 Å². The zero-order valence-corrected chi connectivity index (χ0v) is 25.7. The molecule has 4 aromatic rings. The molecule has 3 N–H and O–H groups in total. The third-order valence-corrected chi connectivity index (χ3v) is 10.8. The highest BCUT2D eigenvalue weighted by Gasteiger charge is 2.45. The summed E-state index contributed by atoms with van der Waals surface area (Å²) in [4.78, 5) is 16.5. The van der Waals surface area contributed by atoms with Crippen molar-refractivity contribution >= 4 is 27.5 Å². The first kappa shape index (κ1) is 29.7. The van der Waals surface area contributed by atoms with Crippen LogP contribution in [0.1, 0.15) is 38.5 Å².